The van der Waals surface area contributed by atoms with Crippen LogP contribution in [0.1, 0.15) is 0 Å². The number of benzene rings is 18. The molecule has 21 aromatic rings. The third-order valence-electron chi connectivity index (χ3n) is 21.6. The van der Waals surface area contributed by atoms with Gasteiger partial charge in [-0.3, -0.25) is 0 Å². The molecule has 3 aromatic heterocycles. The van der Waals surface area contributed by atoms with E-state index in [0.717, 1.165) is 101 Å². The van der Waals surface area contributed by atoms with Gasteiger partial charge in [-0.05, 0) is 198 Å². The fourth-order valence-corrected chi connectivity index (χ4v) is 18.8. The molecule has 0 aliphatic heterocycles. The van der Waals surface area contributed by atoms with Gasteiger partial charge in [0.05, 0.1) is 17.1 Å². The normalized spacial score (nSPS) is 11.7. The van der Waals surface area contributed by atoms with Gasteiger partial charge in [0.25, 0.3) is 0 Å². The van der Waals surface area contributed by atoms with Crippen molar-refractivity contribution in [1.82, 2.24) is 0 Å². The van der Waals surface area contributed by atoms with E-state index in [-0.39, 0.29) is 0 Å². The Kier molecular flexibility index (Phi) is 15.0. The third kappa shape index (κ3) is 10.9. The second-order valence-corrected chi connectivity index (χ2v) is 30.0. The molecule has 0 saturated carbocycles. The van der Waals surface area contributed by atoms with Crippen molar-refractivity contribution in [2.24, 2.45) is 0 Å². The molecule has 107 heavy (non-hydrogen) atoms. The largest absolute Gasteiger partial charge is 0.456 e. The lowest BCUT2D eigenvalue weighted by Gasteiger charge is -2.29. The molecule has 0 aliphatic rings. The minimum atomic E-state index is 0.888. The van der Waals surface area contributed by atoms with Gasteiger partial charge in [0, 0.05) is 95.8 Å². The van der Waals surface area contributed by atoms with Gasteiger partial charge in [-0.15, -0.1) is 22.7 Å². The lowest BCUT2D eigenvalue weighted by Crippen LogP contribution is -2.11. The molecule has 5 heteroatoms. The molecule has 0 aliphatic carbocycles. The molecule has 18 aromatic carbocycles. The zero-order chi connectivity index (χ0) is 70.5. The maximum atomic E-state index is 6.30. The number of hydrogen-bond acceptors (Lipinski definition) is 5. The van der Waals surface area contributed by atoms with Crippen molar-refractivity contribution in [2.45, 2.75) is 0 Å². The van der Waals surface area contributed by atoms with E-state index in [1.807, 2.05) is 34.8 Å². The molecule has 0 fully saturated rings. The molecule has 0 N–H and O–H groups in total. The van der Waals surface area contributed by atoms with Gasteiger partial charge < -0.3 is 14.2 Å². The van der Waals surface area contributed by atoms with Crippen LogP contribution in [0.15, 0.2) is 393 Å². The molecule has 0 atom stereocenters. The summed E-state index contributed by atoms with van der Waals surface area (Å²) in [7, 11) is 0. The van der Waals surface area contributed by atoms with Gasteiger partial charge in [-0.25, -0.2) is 0 Å². The number of para-hydroxylation sites is 2. The molecule has 0 spiro atoms. The Hall–Kier alpha value is -13.4. The quantitative estimate of drug-likeness (QED) is 0.115. The first-order valence-corrected chi connectivity index (χ1v) is 38.1. The van der Waals surface area contributed by atoms with Crippen molar-refractivity contribution in [3.63, 3.8) is 0 Å². The minimum Gasteiger partial charge on any atom is -0.456 e. The predicted molar refractivity (Wildman–Crippen MR) is 459 cm³/mol. The van der Waals surface area contributed by atoms with Crippen molar-refractivity contribution >= 4 is 151 Å². The van der Waals surface area contributed by atoms with Crippen LogP contribution < -0.4 is 9.80 Å². The number of nitrogens with zero attached hydrogens (tertiary/aromatic N) is 2. The van der Waals surface area contributed by atoms with E-state index < -0.39 is 0 Å². The standard InChI is InChI=1S/C102H64N2OS2/c1-3-21-70-59-75(42-40-65(70)18-1)73-25-13-24-72(58-73)67-46-53-81(54-47-67)104(94-37-15-23-69-20-5-6-28-83(69)94)95-36-10-7-29-84(95)87-32-16-35-90-93-64-79(50-57-100(93)107-101(87)90)78-48-55-96(91(62-78)89-34-17-33-88-86-31-9-12-39-99(86)106-102(88)89)103(82-27-14-26-74(61-82)76-43-41-66-19-2-4-22-71(66)60-76)80-51-44-68(45-52-80)77-49-56-98-92(63-77)85-30-8-11-38-97(85)105-98/h1-64H. The molecule has 3 heterocycles. The zero-order valence-corrected chi connectivity index (χ0v) is 59.7. The Morgan fingerprint density at radius 1 is 0.187 bits per heavy atom. The van der Waals surface area contributed by atoms with Gasteiger partial charge in [-0.2, -0.15) is 0 Å². The number of rotatable bonds is 13. The Labute approximate surface area is 627 Å². The van der Waals surface area contributed by atoms with E-state index in [2.05, 4.69) is 386 Å². The summed E-state index contributed by atoms with van der Waals surface area (Å²) in [5.74, 6) is 0. The molecule has 21 rings (SSSR count). The summed E-state index contributed by atoms with van der Waals surface area (Å²) < 4.78 is 11.3. The number of furan rings is 1. The Bertz CT molecular complexity index is 7090. The number of thiophene rings is 2. The van der Waals surface area contributed by atoms with E-state index in [1.165, 1.54) is 106 Å². The first-order chi connectivity index (χ1) is 53.0. The predicted octanol–water partition coefficient (Wildman–Crippen LogP) is 30.4. The average molecular weight is 1400 g/mol. The summed E-state index contributed by atoms with van der Waals surface area (Å²) in [6.07, 6.45) is 0. The Morgan fingerprint density at radius 3 is 1.36 bits per heavy atom. The molecule has 0 saturated heterocycles. The van der Waals surface area contributed by atoms with E-state index >= 15 is 0 Å². The fraction of sp³-hybridized carbons (Fsp3) is 0. The van der Waals surface area contributed by atoms with Crippen molar-refractivity contribution in [3.8, 4) is 77.9 Å². The Morgan fingerprint density at radius 2 is 0.617 bits per heavy atom. The van der Waals surface area contributed by atoms with Gasteiger partial charge >= 0.3 is 0 Å². The summed E-state index contributed by atoms with van der Waals surface area (Å²) in [5, 5.41) is 14.5. The first-order valence-electron chi connectivity index (χ1n) is 36.5. The van der Waals surface area contributed by atoms with Crippen molar-refractivity contribution < 1.29 is 4.42 Å². The summed E-state index contributed by atoms with van der Waals surface area (Å²) in [4.78, 5) is 4.95. The van der Waals surface area contributed by atoms with Crippen LogP contribution in [-0.2, 0) is 0 Å². The summed E-state index contributed by atoms with van der Waals surface area (Å²) in [6, 6.07) is 143. The first kappa shape index (κ1) is 62.2. The van der Waals surface area contributed by atoms with Gasteiger partial charge in [0.1, 0.15) is 11.2 Å². The molecule has 0 radical (unpaired) electrons. The highest BCUT2D eigenvalue weighted by molar-refractivity contribution is 7.26. The van der Waals surface area contributed by atoms with Crippen LogP contribution in [0.4, 0.5) is 34.1 Å². The summed E-state index contributed by atoms with van der Waals surface area (Å²) in [5.41, 5.74) is 24.6. The van der Waals surface area contributed by atoms with E-state index in [9.17, 15) is 0 Å². The molecule has 500 valence electrons. The number of fused-ring (bicyclic) bond motifs is 12. The van der Waals surface area contributed by atoms with Crippen LogP contribution in [-0.4, -0.2) is 0 Å². The van der Waals surface area contributed by atoms with Crippen LogP contribution in [0, 0.1) is 0 Å². The zero-order valence-electron chi connectivity index (χ0n) is 58.1. The van der Waals surface area contributed by atoms with Crippen LogP contribution in [0.25, 0.3) is 172 Å². The monoisotopic (exact) mass is 1400 g/mol. The Balaban J connectivity index is 0.696. The van der Waals surface area contributed by atoms with E-state index in [0.29, 0.717) is 0 Å². The van der Waals surface area contributed by atoms with Gasteiger partial charge in [0.2, 0.25) is 0 Å². The topological polar surface area (TPSA) is 19.6 Å². The summed E-state index contributed by atoms with van der Waals surface area (Å²) >= 11 is 3.75. The highest BCUT2D eigenvalue weighted by Gasteiger charge is 2.25. The smallest absolute Gasteiger partial charge is 0.135 e. The van der Waals surface area contributed by atoms with E-state index in [1.54, 1.807) is 0 Å². The number of hydrogen-bond donors (Lipinski definition) is 0. The van der Waals surface area contributed by atoms with E-state index in [4.69, 9.17) is 4.42 Å². The van der Waals surface area contributed by atoms with Crippen LogP contribution in [0.2, 0.25) is 0 Å². The van der Waals surface area contributed by atoms with Gasteiger partial charge in [0.15, 0.2) is 0 Å². The lowest BCUT2D eigenvalue weighted by molar-refractivity contribution is 0.669. The maximum Gasteiger partial charge on any atom is 0.135 e. The third-order valence-corrected chi connectivity index (χ3v) is 24.1. The van der Waals surface area contributed by atoms with Gasteiger partial charge in [-0.1, -0.05) is 273 Å². The van der Waals surface area contributed by atoms with Crippen LogP contribution in [0.3, 0.4) is 0 Å². The highest BCUT2D eigenvalue weighted by Crippen LogP contribution is 2.52. The van der Waals surface area contributed by atoms with Crippen LogP contribution >= 0.6 is 22.7 Å². The molecular formula is C102H64N2OS2. The molecular weight excluding hydrogens is 1330 g/mol. The molecule has 0 unspecified atom stereocenters. The molecule has 0 amide bonds. The second kappa shape index (κ2) is 25.8. The van der Waals surface area contributed by atoms with Crippen molar-refractivity contribution in [2.75, 3.05) is 9.80 Å². The molecule has 0 bridgehead atoms. The maximum absolute atomic E-state index is 6.30. The van der Waals surface area contributed by atoms with Crippen molar-refractivity contribution in [3.05, 3.63) is 388 Å². The van der Waals surface area contributed by atoms with Crippen molar-refractivity contribution in [1.29, 1.82) is 0 Å². The fourth-order valence-electron chi connectivity index (χ4n) is 16.4. The lowest BCUT2D eigenvalue weighted by atomic mass is 9.94. The minimum absolute atomic E-state index is 0.888. The number of anilines is 6. The average Bonchev–Trinajstić information content (AvgIpc) is 1.73. The molecule has 3 nitrogen and oxygen atoms in total. The highest BCUT2D eigenvalue weighted by atomic mass is 32.1. The SMILES string of the molecule is c1cc(-c2ccc(N(c3ccccc3-c3cccc4c3sc3ccc(-c5ccc(N(c6ccc(-c7ccc8oc9ccccc9c8c7)cc6)c6cccc(-c7ccc8ccccc8c7)c6)c(-c6cccc7c6sc6ccccc67)c5)cc34)c3cccc4ccccc34)cc2)cc(-c2ccc3ccccc3c2)c1. The summed E-state index contributed by atoms with van der Waals surface area (Å²) in [6.45, 7) is 0. The second-order valence-electron chi connectivity index (χ2n) is 27.9. The van der Waals surface area contributed by atoms with Crippen LogP contribution in [0.5, 0.6) is 0 Å².